The lowest BCUT2D eigenvalue weighted by Gasteiger charge is -2.37. The summed E-state index contributed by atoms with van der Waals surface area (Å²) < 4.78 is 45.2. The molecule has 1 fully saturated rings. The van der Waals surface area contributed by atoms with Crippen LogP contribution in [0.3, 0.4) is 0 Å². The molecular weight excluding hydrogens is 499 g/mol. The van der Waals surface area contributed by atoms with Gasteiger partial charge in [0, 0.05) is 36.7 Å². The summed E-state index contributed by atoms with van der Waals surface area (Å²) in [6, 6.07) is 13.6. The van der Waals surface area contributed by atoms with Gasteiger partial charge in [0.15, 0.2) is 5.82 Å². The average molecular weight is 529 g/mol. The van der Waals surface area contributed by atoms with Gasteiger partial charge in [0.2, 0.25) is 15.9 Å². The van der Waals surface area contributed by atoms with Crippen LogP contribution < -0.4 is 15.5 Å². The number of ether oxygens (including phenoxy) is 1. The highest BCUT2D eigenvalue weighted by Gasteiger charge is 2.23. The monoisotopic (exact) mass is 528 g/mol. The quantitative estimate of drug-likeness (QED) is 0.488. The first-order chi connectivity index (χ1) is 17.5. The number of nitrogens with one attached hydrogen (secondary N) is 2. The summed E-state index contributed by atoms with van der Waals surface area (Å²) in [6.07, 6.45) is 3.56. The van der Waals surface area contributed by atoms with Gasteiger partial charge in [0.1, 0.15) is 0 Å². The number of carbonyl (C=O) groups is 2. The zero-order chi connectivity index (χ0) is 26.7. The summed E-state index contributed by atoms with van der Waals surface area (Å²) in [5, 5.41) is 4.89. The van der Waals surface area contributed by atoms with Crippen molar-refractivity contribution >= 4 is 33.2 Å². The standard InChI is InChI=1S/C26H29FN4O5S/c1-17-14-30(15-18(2)36-17)21-7-4-6-19(12-21)22-8-5-9-23(25(22)27)29-24(32)13-28-26(33)20-10-11-31(16-20)37(3,34)35/h4-12,16-18H,13-15H2,1-3H3,(H,28,33)(H,29,32)/t17-,18+. The SMILES string of the molecule is C[C@@H]1CN(c2cccc(-c3cccc(NC(=O)CNC(=O)c4ccn(S(C)(=O)=O)c4)c3F)c2)C[C@H](C)O1. The smallest absolute Gasteiger partial charge is 0.253 e. The molecule has 0 aliphatic carbocycles. The molecule has 0 unspecified atom stereocenters. The van der Waals surface area contributed by atoms with Gasteiger partial charge in [-0.1, -0.05) is 24.3 Å². The first kappa shape index (κ1) is 26.4. The third kappa shape index (κ3) is 6.36. The van der Waals surface area contributed by atoms with E-state index in [0.29, 0.717) is 11.1 Å². The maximum Gasteiger partial charge on any atom is 0.253 e. The molecule has 2 atom stereocenters. The van der Waals surface area contributed by atoms with Gasteiger partial charge < -0.3 is 20.3 Å². The molecule has 1 saturated heterocycles. The minimum absolute atomic E-state index is 0.0148. The van der Waals surface area contributed by atoms with Crippen molar-refractivity contribution in [3.05, 3.63) is 72.3 Å². The summed E-state index contributed by atoms with van der Waals surface area (Å²) in [4.78, 5) is 26.9. The highest BCUT2D eigenvalue weighted by atomic mass is 32.2. The van der Waals surface area contributed by atoms with Gasteiger partial charge in [-0.05, 0) is 43.7 Å². The van der Waals surface area contributed by atoms with E-state index in [1.165, 1.54) is 18.3 Å². The Kier molecular flexibility index (Phi) is 7.65. The summed E-state index contributed by atoms with van der Waals surface area (Å²) in [7, 11) is -3.53. The zero-order valence-electron chi connectivity index (χ0n) is 20.8. The van der Waals surface area contributed by atoms with E-state index >= 15 is 4.39 Å². The number of morpholine rings is 1. The van der Waals surface area contributed by atoms with E-state index in [4.69, 9.17) is 4.74 Å². The molecule has 1 aromatic heterocycles. The molecule has 0 radical (unpaired) electrons. The Bertz CT molecular complexity index is 1410. The molecule has 2 heterocycles. The molecule has 11 heteroatoms. The van der Waals surface area contributed by atoms with E-state index < -0.39 is 34.2 Å². The Balaban J connectivity index is 1.43. The number of hydrogen-bond donors (Lipinski definition) is 2. The predicted molar refractivity (Wildman–Crippen MR) is 140 cm³/mol. The van der Waals surface area contributed by atoms with E-state index in [9.17, 15) is 18.0 Å². The van der Waals surface area contributed by atoms with E-state index in [1.807, 2.05) is 38.1 Å². The fourth-order valence-electron chi connectivity index (χ4n) is 4.28. The number of amides is 2. The van der Waals surface area contributed by atoms with Gasteiger partial charge in [-0.2, -0.15) is 0 Å². The van der Waals surface area contributed by atoms with Gasteiger partial charge >= 0.3 is 0 Å². The van der Waals surface area contributed by atoms with Gasteiger partial charge in [0.25, 0.3) is 5.91 Å². The van der Waals surface area contributed by atoms with Gasteiger partial charge in [0.05, 0.1) is 36.3 Å². The number of halogens is 1. The first-order valence-corrected chi connectivity index (χ1v) is 13.6. The van der Waals surface area contributed by atoms with Crippen LogP contribution in [0.4, 0.5) is 15.8 Å². The lowest BCUT2D eigenvalue weighted by atomic mass is 10.0. The number of aromatic nitrogens is 1. The normalized spacial score (nSPS) is 17.9. The Hall–Kier alpha value is -3.70. The minimum atomic E-state index is -3.53. The van der Waals surface area contributed by atoms with Crippen molar-refractivity contribution in [3.8, 4) is 11.1 Å². The van der Waals surface area contributed by atoms with E-state index in [-0.39, 0.29) is 23.5 Å². The molecule has 1 aliphatic rings. The second-order valence-corrected chi connectivity index (χ2v) is 11.0. The summed E-state index contributed by atoms with van der Waals surface area (Å²) in [6.45, 7) is 5.09. The van der Waals surface area contributed by atoms with Crippen molar-refractivity contribution in [3.63, 3.8) is 0 Å². The van der Waals surface area contributed by atoms with Crippen LogP contribution in [0.25, 0.3) is 11.1 Å². The van der Waals surface area contributed by atoms with E-state index in [0.717, 1.165) is 35.2 Å². The maximum absolute atomic E-state index is 15.4. The summed E-state index contributed by atoms with van der Waals surface area (Å²) in [5.41, 5.74) is 2.02. The number of benzene rings is 2. The van der Waals surface area contributed by atoms with Crippen LogP contribution in [0.15, 0.2) is 60.9 Å². The molecule has 37 heavy (non-hydrogen) atoms. The van der Waals surface area contributed by atoms with Crippen molar-refractivity contribution in [2.75, 3.05) is 36.1 Å². The molecule has 2 aromatic carbocycles. The molecular formula is C26H29FN4O5S. The Morgan fingerprint density at radius 3 is 2.46 bits per heavy atom. The largest absolute Gasteiger partial charge is 0.372 e. The molecule has 3 aromatic rings. The second-order valence-electron chi connectivity index (χ2n) is 9.10. The number of hydrogen-bond acceptors (Lipinski definition) is 6. The predicted octanol–water partition coefficient (Wildman–Crippen LogP) is 3.08. The summed E-state index contributed by atoms with van der Waals surface area (Å²) >= 11 is 0. The first-order valence-electron chi connectivity index (χ1n) is 11.8. The van der Waals surface area contributed by atoms with Gasteiger partial charge in [-0.3, -0.25) is 13.6 Å². The molecule has 196 valence electrons. The van der Waals surface area contributed by atoms with Crippen LogP contribution in [0.5, 0.6) is 0 Å². The Morgan fingerprint density at radius 2 is 1.78 bits per heavy atom. The van der Waals surface area contributed by atoms with Crippen LogP contribution >= 0.6 is 0 Å². The molecule has 0 bridgehead atoms. The molecule has 2 N–H and O–H groups in total. The number of anilines is 2. The average Bonchev–Trinajstić information content (AvgIpc) is 3.35. The van der Waals surface area contributed by atoms with Crippen LogP contribution in [-0.4, -0.2) is 62.3 Å². The van der Waals surface area contributed by atoms with Crippen molar-refractivity contribution in [1.82, 2.24) is 9.29 Å². The van der Waals surface area contributed by atoms with Gasteiger partial charge in [-0.25, -0.2) is 12.8 Å². The third-order valence-corrected chi connectivity index (χ3v) is 6.93. The third-order valence-electron chi connectivity index (χ3n) is 5.94. The fraction of sp³-hybridized carbons (Fsp3) is 0.308. The van der Waals surface area contributed by atoms with Gasteiger partial charge in [-0.15, -0.1) is 0 Å². The van der Waals surface area contributed by atoms with Crippen LogP contribution in [-0.2, 0) is 19.6 Å². The van der Waals surface area contributed by atoms with E-state index in [1.54, 1.807) is 12.1 Å². The maximum atomic E-state index is 15.4. The zero-order valence-corrected chi connectivity index (χ0v) is 21.6. The highest BCUT2D eigenvalue weighted by Crippen LogP contribution is 2.31. The van der Waals surface area contributed by atoms with Crippen LogP contribution in [0.1, 0.15) is 24.2 Å². The Labute approximate surface area is 215 Å². The lowest BCUT2D eigenvalue weighted by molar-refractivity contribution is -0.115. The molecule has 4 rings (SSSR count). The van der Waals surface area contributed by atoms with Crippen LogP contribution in [0, 0.1) is 5.82 Å². The topological polar surface area (TPSA) is 110 Å². The van der Waals surface area contributed by atoms with Crippen molar-refractivity contribution < 1.29 is 27.1 Å². The minimum Gasteiger partial charge on any atom is -0.372 e. The molecule has 0 saturated carbocycles. The Morgan fingerprint density at radius 1 is 1.08 bits per heavy atom. The van der Waals surface area contributed by atoms with Crippen LogP contribution in [0.2, 0.25) is 0 Å². The number of rotatable bonds is 7. The van der Waals surface area contributed by atoms with E-state index in [2.05, 4.69) is 15.5 Å². The second kappa shape index (κ2) is 10.7. The fourth-order valence-corrected chi connectivity index (χ4v) is 4.87. The van der Waals surface area contributed by atoms with Crippen molar-refractivity contribution in [2.24, 2.45) is 0 Å². The number of carbonyl (C=O) groups excluding carboxylic acids is 2. The van der Waals surface area contributed by atoms with Crippen molar-refractivity contribution in [2.45, 2.75) is 26.1 Å². The molecule has 1 aliphatic heterocycles. The number of nitrogens with zero attached hydrogens (tertiary/aromatic N) is 2. The molecule has 0 spiro atoms. The lowest BCUT2D eigenvalue weighted by Crippen LogP contribution is -2.45. The summed E-state index contributed by atoms with van der Waals surface area (Å²) in [5.74, 6) is -1.85. The molecule has 2 amide bonds. The molecule has 9 nitrogen and oxygen atoms in total. The van der Waals surface area contributed by atoms with Crippen molar-refractivity contribution in [1.29, 1.82) is 0 Å². The highest BCUT2D eigenvalue weighted by molar-refractivity contribution is 7.89.